The molecule has 2 heterocycles. The van der Waals surface area contributed by atoms with Gasteiger partial charge in [-0.05, 0) is 24.2 Å². The topological polar surface area (TPSA) is 43.2 Å². The van der Waals surface area contributed by atoms with Gasteiger partial charge in [-0.15, -0.1) is 0 Å². The molecule has 2 aromatic carbocycles. The SMILES string of the molecule is CN1CCN(Cc2ccccc2-c2ncc(C#N)cc2-c2ccccc2)CC1. The molecular weight excluding hydrogens is 344 g/mol. The summed E-state index contributed by atoms with van der Waals surface area (Å²) >= 11 is 0. The highest BCUT2D eigenvalue weighted by atomic mass is 15.2. The van der Waals surface area contributed by atoms with E-state index >= 15 is 0 Å². The molecule has 0 unspecified atom stereocenters. The summed E-state index contributed by atoms with van der Waals surface area (Å²) < 4.78 is 0. The zero-order valence-electron chi connectivity index (χ0n) is 16.2. The van der Waals surface area contributed by atoms with Crippen LogP contribution in [0.25, 0.3) is 22.4 Å². The summed E-state index contributed by atoms with van der Waals surface area (Å²) in [5.41, 5.74) is 6.03. The van der Waals surface area contributed by atoms with Crippen molar-refractivity contribution in [3.8, 4) is 28.5 Å². The van der Waals surface area contributed by atoms with Crippen molar-refractivity contribution < 1.29 is 0 Å². The molecule has 1 saturated heterocycles. The fourth-order valence-corrected chi connectivity index (χ4v) is 3.71. The average molecular weight is 368 g/mol. The molecule has 1 aliphatic rings. The van der Waals surface area contributed by atoms with E-state index in [0.29, 0.717) is 5.56 Å². The van der Waals surface area contributed by atoms with Crippen LogP contribution < -0.4 is 0 Å². The second-order valence-corrected chi connectivity index (χ2v) is 7.33. The molecule has 3 aromatic rings. The van der Waals surface area contributed by atoms with E-state index in [1.807, 2.05) is 24.3 Å². The first-order valence-electron chi connectivity index (χ1n) is 9.69. The molecule has 28 heavy (non-hydrogen) atoms. The Hall–Kier alpha value is -3.00. The van der Waals surface area contributed by atoms with Crippen molar-refractivity contribution in [1.29, 1.82) is 5.26 Å². The van der Waals surface area contributed by atoms with Gasteiger partial charge in [0.15, 0.2) is 0 Å². The first-order valence-corrected chi connectivity index (χ1v) is 9.69. The number of aromatic nitrogens is 1. The summed E-state index contributed by atoms with van der Waals surface area (Å²) in [6, 6.07) is 22.9. The molecule has 0 aliphatic carbocycles. The zero-order chi connectivity index (χ0) is 19.3. The van der Waals surface area contributed by atoms with Gasteiger partial charge in [0.05, 0.1) is 11.3 Å². The fourth-order valence-electron chi connectivity index (χ4n) is 3.71. The highest BCUT2D eigenvalue weighted by molar-refractivity contribution is 5.82. The summed E-state index contributed by atoms with van der Waals surface area (Å²) in [4.78, 5) is 9.59. The number of piperazine rings is 1. The van der Waals surface area contributed by atoms with E-state index in [9.17, 15) is 5.26 Å². The lowest BCUT2D eigenvalue weighted by Crippen LogP contribution is -2.43. The van der Waals surface area contributed by atoms with Gasteiger partial charge in [-0.1, -0.05) is 54.6 Å². The standard InChI is InChI=1S/C24H24N4/c1-27-11-13-28(14-12-27)18-21-9-5-6-10-22(21)24-23(15-19(16-25)17-26-24)20-7-3-2-4-8-20/h2-10,15,17H,11-14,18H2,1H3. The molecule has 4 rings (SSSR count). The van der Waals surface area contributed by atoms with Crippen LogP contribution >= 0.6 is 0 Å². The molecule has 1 aromatic heterocycles. The number of rotatable bonds is 4. The largest absolute Gasteiger partial charge is 0.304 e. The summed E-state index contributed by atoms with van der Waals surface area (Å²) in [6.07, 6.45) is 1.68. The zero-order valence-corrected chi connectivity index (χ0v) is 16.2. The van der Waals surface area contributed by atoms with Gasteiger partial charge in [0.2, 0.25) is 0 Å². The van der Waals surface area contributed by atoms with Gasteiger partial charge in [0.25, 0.3) is 0 Å². The number of hydrogen-bond donors (Lipinski definition) is 0. The van der Waals surface area contributed by atoms with Crippen LogP contribution in [0.3, 0.4) is 0 Å². The molecule has 0 atom stereocenters. The predicted molar refractivity (Wildman–Crippen MR) is 113 cm³/mol. The quantitative estimate of drug-likeness (QED) is 0.697. The highest BCUT2D eigenvalue weighted by Gasteiger charge is 2.18. The van der Waals surface area contributed by atoms with Gasteiger partial charge in [0.1, 0.15) is 6.07 Å². The molecule has 4 heteroatoms. The summed E-state index contributed by atoms with van der Waals surface area (Å²) in [5, 5.41) is 9.36. The number of likely N-dealkylation sites (N-methyl/N-ethyl adjacent to an activating group) is 1. The Balaban J connectivity index is 1.75. The van der Waals surface area contributed by atoms with Gasteiger partial charge in [-0.25, -0.2) is 0 Å². The normalized spacial score (nSPS) is 15.3. The third-order valence-electron chi connectivity index (χ3n) is 5.36. The number of benzene rings is 2. The van der Waals surface area contributed by atoms with Crippen LogP contribution in [-0.2, 0) is 6.54 Å². The molecule has 0 N–H and O–H groups in total. The van der Waals surface area contributed by atoms with Crippen molar-refractivity contribution in [2.75, 3.05) is 33.2 Å². The van der Waals surface area contributed by atoms with Crippen molar-refractivity contribution in [3.05, 3.63) is 78.0 Å². The lowest BCUT2D eigenvalue weighted by Gasteiger charge is -2.32. The molecule has 0 amide bonds. The molecule has 1 aliphatic heterocycles. The lowest BCUT2D eigenvalue weighted by atomic mass is 9.95. The minimum atomic E-state index is 0.583. The molecule has 1 fully saturated rings. The summed E-state index contributed by atoms with van der Waals surface area (Å²) in [5.74, 6) is 0. The molecular formula is C24H24N4. The Morgan fingerprint density at radius 3 is 2.39 bits per heavy atom. The number of pyridine rings is 1. The van der Waals surface area contributed by atoms with Crippen LogP contribution in [0.4, 0.5) is 0 Å². The molecule has 0 spiro atoms. The van der Waals surface area contributed by atoms with Crippen LogP contribution in [0, 0.1) is 11.3 Å². The maximum Gasteiger partial charge on any atom is 0.101 e. The number of hydrogen-bond acceptors (Lipinski definition) is 4. The average Bonchev–Trinajstić information content (AvgIpc) is 2.76. The van der Waals surface area contributed by atoms with E-state index in [2.05, 4.69) is 59.3 Å². The van der Waals surface area contributed by atoms with E-state index in [4.69, 9.17) is 4.98 Å². The highest BCUT2D eigenvalue weighted by Crippen LogP contribution is 2.33. The van der Waals surface area contributed by atoms with Crippen LogP contribution in [0.2, 0.25) is 0 Å². The van der Waals surface area contributed by atoms with Crippen LogP contribution in [0.1, 0.15) is 11.1 Å². The van der Waals surface area contributed by atoms with Crippen molar-refractivity contribution in [1.82, 2.24) is 14.8 Å². The molecule has 0 saturated carbocycles. The van der Waals surface area contributed by atoms with Crippen LogP contribution in [-0.4, -0.2) is 48.0 Å². The molecule has 0 radical (unpaired) electrons. The van der Waals surface area contributed by atoms with Crippen LogP contribution in [0.15, 0.2) is 66.9 Å². The summed E-state index contributed by atoms with van der Waals surface area (Å²) in [6.45, 7) is 5.29. The smallest absolute Gasteiger partial charge is 0.101 e. The third-order valence-corrected chi connectivity index (χ3v) is 5.36. The van der Waals surface area contributed by atoms with E-state index < -0.39 is 0 Å². The minimum Gasteiger partial charge on any atom is -0.304 e. The fraction of sp³-hybridized carbons (Fsp3) is 0.250. The third kappa shape index (κ3) is 3.96. The van der Waals surface area contributed by atoms with Crippen molar-refractivity contribution >= 4 is 0 Å². The maximum absolute atomic E-state index is 9.36. The molecule has 140 valence electrons. The Labute approximate surface area is 166 Å². The predicted octanol–water partition coefficient (Wildman–Crippen LogP) is 4.03. The second kappa shape index (κ2) is 8.35. The maximum atomic E-state index is 9.36. The first kappa shape index (κ1) is 18.4. The van der Waals surface area contributed by atoms with Gasteiger partial charge in [0, 0.05) is 50.0 Å². The van der Waals surface area contributed by atoms with Gasteiger partial charge < -0.3 is 4.90 Å². The Kier molecular flexibility index (Phi) is 5.48. The Bertz CT molecular complexity index is 983. The Morgan fingerprint density at radius 2 is 1.64 bits per heavy atom. The van der Waals surface area contributed by atoms with E-state index in [0.717, 1.165) is 55.1 Å². The first-order chi connectivity index (χ1) is 13.7. The van der Waals surface area contributed by atoms with E-state index in [1.165, 1.54) is 5.56 Å². The van der Waals surface area contributed by atoms with Crippen molar-refractivity contribution in [2.45, 2.75) is 6.54 Å². The van der Waals surface area contributed by atoms with Gasteiger partial charge in [-0.2, -0.15) is 5.26 Å². The lowest BCUT2D eigenvalue weighted by molar-refractivity contribution is 0.148. The summed E-state index contributed by atoms with van der Waals surface area (Å²) in [7, 11) is 2.18. The van der Waals surface area contributed by atoms with Crippen LogP contribution in [0.5, 0.6) is 0 Å². The van der Waals surface area contributed by atoms with Crippen molar-refractivity contribution in [3.63, 3.8) is 0 Å². The van der Waals surface area contributed by atoms with E-state index in [-0.39, 0.29) is 0 Å². The Morgan fingerprint density at radius 1 is 0.929 bits per heavy atom. The van der Waals surface area contributed by atoms with E-state index in [1.54, 1.807) is 6.20 Å². The molecule has 0 bridgehead atoms. The monoisotopic (exact) mass is 368 g/mol. The van der Waals surface area contributed by atoms with Gasteiger partial charge in [-0.3, -0.25) is 9.88 Å². The minimum absolute atomic E-state index is 0.583. The molecule has 4 nitrogen and oxygen atoms in total. The van der Waals surface area contributed by atoms with Gasteiger partial charge >= 0.3 is 0 Å². The number of nitrogens with zero attached hydrogens (tertiary/aromatic N) is 4. The van der Waals surface area contributed by atoms with Crippen molar-refractivity contribution in [2.24, 2.45) is 0 Å². The number of nitriles is 1. The second-order valence-electron chi connectivity index (χ2n) is 7.33.